The van der Waals surface area contributed by atoms with Gasteiger partial charge in [0.25, 0.3) is 0 Å². The van der Waals surface area contributed by atoms with Crippen LogP contribution in [0, 0.1) is 5.92 Å². The summed E-state index contributed by atoms with van der Waals surface area (Å²) in [4.78, 5) is 16.7. The summed E-state index contributed by atoms with van der Waals surface area (Å²) >= 11 is 0. The molecule has 0 radical (unpaired) electrons. The summed E-state index contributed by atoms with van der Waals surface area (Å²) in [6.45, 7) is 0. The molecule has 2 nitrogen and oxygen atoms in total. The molecule has 0 aliphatic heterocycles. The summed E-state index contributed by atoms with van der Waals surface area (Å²) in [6, 6.07) is 12.1. The van der Waals surface area contributed by atoms with Crippen molar-refractivity contribution < 1.29 is 4.79 Å². The van der Waals surface area contributed by atoms with Crippen molar-refractivity contribution >= 4 is 16.7 Å². The lowest BCUT2D eigenvalue weighted by Crippen LogP contribution is -2.14. The van der Waals surface area contributed by atoms with Crippen LogP contribution in [0.1, 0.15) is 31.4 Å². The minimum atomic E-state index is 0.290. The minimum Gasteiger partial charge on any atom is -0.299 e. The molecule has 2 aromatic rings. The van der Waals surface area contributed by atoms with Gasteiger partial charge in [0.15, 0.2) is 0 Å². The molecule has 0 bridgehead atoms. The summed E-state index contributed by atoms with van der Waals surface area (Å²) in [5, 5.41) is 1.13. The van der Waals surface area contributed by atoms with E-state index in [1.54, 1.807) is 0 Å². The quantitative estimate of drug-likeness (QED) is 0.820. The summed E-state index contributed by atoms with van der Waals surface area (Å²) in [6.07, 6.45) is 5.07. The Morgan fingerprint density at radius 2 is 1.89 bits per heavy atom. The number of para-hydroxylation sites is 1. The van der Waals surface area contributed by atoms with Crippen molar-refractivity contribution in [3.05, 3.63) is 42.1 Å². The highest BCUT2D eigenvalue weighted by Crippen LogP contribution is 2.26. The van der Waals surface area contributed by atoms with Crippen LogP contribution in [0.4, 0.5) is 0 Å². The Balaban J connectivity index is 1.79. The van der Waals surface area contributed by atoms with Crippen LogP contribution in [0.25, 0.3) is 10.9 Å². The lowest BCUT2D eigenvalue weighted by Gasteiger charge is -2.07. The highest BCUT2D eigenvalue weighted by molar-refractivity contribution is 5.84. The fraction of sp³-hybridized carbons (Fsp3) is 0.375. The van der Waals surface area contributed by atoms with E-state index in [0.717, 1.165) is 29.4 Å². The van der Waals surface area contributed by atoms with Crippen molar-refractivity contribution in [2.45, 2.75) is 32.1 Å². The fourth-order valence-corrected chi connectivity index (χ4v) is 2.78. The van der Waals surface area contributed by atoms with Crippen molar-refractivity contribution in [2.24, 2.45) is 5.92 Å². The second kappa shape index (κ2) is 4.89. The van der Waals surface area contributed by atoms with Gasteiger partial charge in [-0.05, 0) is 25.0 Å². The van der Waals surface area contributed by atoms with Crippen LogP contribution in [0.15, 0.2) is 36.4 Å². The first kappa shape index (κ1) is 11.4. The van der Waals surface area contributed by atoms with Gasteiger partial charge in [-0.1, -0.05) is 37.1 Å². The topological polar surface area (TPSA) is 30.0 Å². The first-order chi connectivity index (χ1) is 8.83. The average molecular weight is 239 g/mol. The highest BCUT2D eigenvalue weighted by Gasteiger charge is 2.22. The first-order valence-corrected chi connectivity index (χ1v) is 6.70. The molecule has 1 aromatic heterocycles. The zero-order valence-corrected chi connectivity index (χ0v) is 10.4. The number of fused-ring (bicyclic) bond motifs is 1. The lowest BCUT2D eigenvalue weighted by molar-refractivity contribution is -0.122. The molecule has 0 spiro atoms. The van der Waals surface area contributed by atoms with Crippen LogP contribution in [0.3, 0.4) is 0 Å². The van der Waals surface area contributed by atoms with Crippen LogP contribution >= 0.6 is 0 Å². The molecule has 2 heteroatoms. The molecule has 1 aliphatic rings. The van der Waals surface area contributed by atoms with Gasteiger partial charge in [-0.15, -0.1) is 0 Å². The van der Waals surface area contributed by atoms with Crippen LogP contribution in [0.5, 0.6) is 0 Å². The SMILES string of the molecule is O=C(Cc1ccc2ccccc2n1)C1CCCC1. The zero-order chi connectivity index (χ0) is 12.4. The maximum atomic E-state index is 12.1. The molecule has 92 valence electrons. The van der Waals surface area contributed by atoms with Crippen molar-refractivity contribution in [1.29, 1.82) is 0 Å². The summed E-state index contributed by atoms with van der Waals surface area (Å²) in [5.41, 5.74) is 1.89. The third-order valence-corrected chi connectivity index (χ3v) is 3.82. The third-order valence-electron chi connectivity index (χ3n) is 3.82. The van der Waals surface area contributed by atoms with Gasteiger partial charge in [0.2, 0.25) is 0 Å². The molecule has 1 fully saturated rings. The lowest BCUT2D eigenvalue weighted by atomic mass is 9.98. The van der Waals surface area contributed by atoms with Crippen molar-refractivity contribution in [1.82, 2.24) is 4.98 Å². The molecule has 3 rings (SSSR count). The van der Waals surface area contributed by atoms with E-state index in [9.17, 15) is 4.79 Å². The Hall–Kier alpha value is -1.70. The van der Waals surface area contributed by atoms with E-state index in [0.29, 0.717) is 18.1 Å². The van der Waals surface area contributed by atoms with Crippen molar-refractivity contribution in [3.63, 3.8) is 0 Å². The van der Waals surface area contributed by atoms with E-state index >= 15 is 0 Å². The van der Waals surface area contributed by atoms with E-state index in [1.165, 1.54) is 12.8 Å². The van der Waals surface area contributed by atoms with Gasteiger partial charge >= 0.3 is 0 Å². The number of aromatic nitrogens is 1. The number of Topliss-reactive ketones (excluding diaryl/α,β-unsaturated/α-hetero) is 1. The largest absolute Gasteiger partial charge is 0.299 e. The molecule has 1 aromatic carbocycles. The van der Waals surface area contributed by atoms with Gasteiger partial charge < -0.3 is 0 Å². The number of rotatable bonds is 3. The van der Waals surface area contributed by atoms with Gasteiger partial charge in [0.05, 0.1) is 5.52 Å². The van der Waals surface area contributed by atoms with Crippen LogP contribution < -0.4 is 0 Å². The number of carbonyl (C=O) groups excluding carboxylic acids is 1. The normalized spacial score (nSPS) is 16.2. The molecule has 0 saturated heterocycles. The molecule has 0 N–H and O–H groups in total. The Morgan fingerprint density at radius 3 is 2.72 bits per heavy atom. The molecule has 18 heavy (non-hydrogen) atoms. The number of ketones is 1. The number of carbonyl (C=O) groups is 1. The average Bonchev–Trinajstić information content (AvgIpc) is 2.92. The van der Waals surface area contributed by atoms with Crippen LogP contribution in [0.2, 0.25) is 0 Å². The Labute approximate surface area is 107 Å². The number of hydrogen-bond acceptors (Lipinski definition) is 2. The molecule has 0 atom stereocenters. The zero-order valence-electron chi connectivity index (χ0n) is 10.4. The maximum Gasteiger partial charge on any atom is 0.141 e. The van der Waals surface area contributed by atoms with E-state index < -0.39 is 0 Å². The Morgan fingerprint density at radius 1 is 1.11 bits per heavy atom. The number of benzene rings is 1. The summed E-state index contributed by atoms with van der Waals surface area (Å²) in [7, 11) is 0. The number of hydrogen-bond donors (Lipinski definition) is 0. The maximum absolute atomic E-state index is 12.1. The van der Waals surface area contributed by atoms with Gasteiger partial charge in [0, 0.05) is 23.4 Å². The minimum absolute atomic E-state index is 0.290. The predicted molar refractivity (Wildman–Crippen MR) is 72.4 cm³/mol. The number of nitrogens with zero attached hydrogens (tertiary/aromatic N) is 1. The van der Waals surface area contributed by atoms with E-state index in [1.807, 2.05) is 30.3 Å². The Kier molecular flexibility index (Phi) is 3.09. The van der Waals surface area contributed by atoms with E-state index in [-0.39, 0.29) is 0 Å². The monoisotopic (exact) mass is 239 g/mol. The fourth-order valence-electron chi connectivity index (χ4n) is 2.78. The van der Waals surface area contributed by atoms with Crippen LogP contribution in [-0.2, 0) is 11.2 Å². The number of pyridine rings is 1. The van der Waals surface area contributed by atoms with Crippen molar-refractivity contribution in [3.8, 4) is 0 Å². The molecule has 1 aliphatic carbocycles. The molecule has 0 unspecified atom stereocenters. The summed E-state index contributed by atoms with van der Waals surface area (Å²) < 4.78 is 0. The molecule has 0 amide bonds. The third kappa shape index (κ3) is 2.28. The van der Waals surface area contributed by atoms with E-state index in [2.05, 4.69) is 11.1 Å². The highest BCUT2D eigenvalue weighted by atomic mass is 16.1. The predicted octanol–water partition coefficient (Wildman–Crippen LogP) is 3.54. The molecular formula is C16H17NO. The van der Waals surface area contributed by atoms with Crippen LogP contribution in [-0.4, -0.2) is 10.8 Å². The van der Waals surface area contributed by atoms with Crippen molar-refractivity contribution in [2.75, 3.05) is 0 Å². The second-order valence-electron chi connectivity index (χ2n) is 5.12. The van der Waals surface area contributed by atoms with Gasteiger partial charge in [-0.3, -0.25) is 9.78 Å². The van der Waals surface area contributed by atoms with Gasteiger partial charge in [0.1, 0.15) is 5.78 Å². The summed E-state index contributed by atoms with van der Waals surface area (Å²) in [5.74, 6) is 0.661. The smallest absolute Gasteiger partial charge is 0.141 e. The molecule has 1 heterocycles. The second-order valence-corrected chi connectivity index (χ2v) is 5.12. The standard InChI is InChI=1S/C16H17NO/c18-16(13-6-1-2-7-13)11-14-10-9-12-5-3-4-8-15(12)17-14/h3-5,8-10,13H,1-2,6-7,11H2. The molecule has 1 saturated carbocycles. The molecular weight excluding hydrogens is 222 g/mol. The van der Waals surface area contributed by atoms with Gasteiger partial charge in [-0.2, -0.15) is 0 Å². The van der Waals surface area contributed by atoms with Gasteiger partial charge in [-0.25, -0.2) is 0 Å². The Bertz CT molecular complexity index is 570. The first-order valence-electron chi connectivity index (χ1n) is 6.70. The van der Waals surface area contributed by atoms with E-state index in [4.69, 9.17) is 0 Å².